The lowest BCUT2D eigenvalue weighted by molar-refractivity contribution is 0.483. The van der Waals surface area contributed by atoms with E-state index in [2.05, 4.69) is 0 Å². The molecule has 0 aliphatic rings. The van der Waals surface area contributed by atoms with Gasteiger partial charge in [-0.1, -0.05) is 17.7 Å². The highest BCUT2D eigenvalue weighted by atomic mass is 32.2. The summed E-state index contributed by atoms with van der Waals surface area (Å²) in [7, 11) is -4.02. The molecule has 0 radical (unpaired) electrons. The fourth-order valence-corrected chi connectivity index (χ4v) is 1.19. The third-order valence-electron chi connectivity index (χ3n) is 1.32. The summed E-state index contributed by atoms with van der Waals surface area (Å²) in [6.07, 6.45) is 0. The van der Waals surface area contributed by atoms with Crippen molar-refractivity contribution in [1.82, 2.24) is 0 Å². The standard InChI is InChI=1S/C7H8O3S.C2H5F/c1-6-2-4-7(5-3-6)11(8,9)10;1-2-3/h2-5H,1H3,(H,8,9,10);2H2,1H3. The summed E-state index contributed by atoms with van der Waals surface area (Å²) in [5.74, 6) is 0. The zero-order valence-electron chi connectivity index (χ0n) is 8.07. The Morgan fingerprint density at radius 2 is 1.64 bits per heavy atom. The molecule has 1 rings (SSSR count). The van der Waals surface area contributed by atoms with Crippen molar-refractivity contribution in [1.29, 1.82) is 0 Å². The molecule has 14 heavy (non-hydrogen) atoms. The van der Waals surface area contributed by atoms with Gasteiger partial charge in [0.15, 0.2) is 0 Å². The second kappa shape index (κ2) is 5.72. The molecule has 0 aliphatic heterocycles. The van der Waals surface area contributed by atoms with E-state index in [4.69, 9.17) is 4.55 Å². The van der Waals surface area contributed by atoms with Gasteiger partial charge in [-0.25, -0.2) is 0 Å². The number of aryl methyl sites for hydroxylation is 1. The molecule has 80 valence electrons. The molecule has 0 saturated carbocycles. The maximum absolute atomic E-state index is 10.5. The zero-order valence-corrected chi connectivity index (χ0v) is 8.88. The fraction of sp³-hybridized carbons (Fsp3) is 0.333. The van der Waals surface area contributed by atoms with Crippen molar-refractivity contribution in [2.45, 2.75) is 18.7 Å². The van der Waals surface area contributed by atoms with Gasteiger partial charge in [0.05, 0.1) is 11.6 Å². The highest BCUT2D eigenvalue weighted by molar-refractivity contribution is 7.85. The highest BCUT2D eigenvalue weighted by Crippen LogP contribution is 2.08. The van der Waals surface area contributed by atoms with Crippen molar-refractivity contribution in [2.24, 2.45) is 0 Å². The van der Waals surface area contributed by atoms with Gasteiger partial charge in [0.2, 0.25) is 0 Å². The lowest BCUT2D eigenvalue weighted by Gasteiger charge is -1.95. The first kappa shape index (κ1) is 13.1. The Labute approximate surface area is 83.3 Å². The summed E-state index contributed by atoms with van der Waals surface area (Å²) < 4.78 is 39.8. The maximum atomic E-state index is 10.5. The topological polar surface area (TPSA) is 54.4 Å². The van der Waals surface area contributed by atoms with E-state index in [0.717, 1.165) is 5.56 Å². The summed E-state index contributed by atoms with van der Waals surface area (Å²) in [5.41, 5.74) is 0.956. The van der Waals surface area contributed by atoms with E-state index in [1.165, 1.54) is 19.1 Å². The smallest absolute Gasteiger partial charge is 0.282 e. The van der Waals surface area contributed by atoms with Crippen molar-refractivity contribution < 1.29 is 17.4 Å². The van der Waals surface area contributed by atoms with E-state index in [1.807, 2.05) is 6.92 Å². The molecule has 0 unspecified atom stereocenters. The van der Waals surface area contributed by atoms with Crippen LogP contribution in [0, 0.1) is 6.92 Å². The van der Waals surface area contributed by atoms with E-state index in [9.17, 15) is 12.8 Å². The summed E-state index contributed by atoms with van der Waals surface area (Å²) in [6, 6.07) is 5.99. The summed E-state index contributed by atoms with van der Waals surface area (Å²) in [5, 5.41) is 0. The number of hydrogen-bond donors (Lipinski definition) is 1. The molecular weight excluding hydrogens is 207 g/mol. The third kappa shape index (κ3) is 4.94. The minimum atomic E-state index is -4.02. The zero-order chi connectivity index (χ0) is 11.2. The molecule has 0 atom stereocenters. The summed E-state index contributed by atoms with van der Waals surface area (Å²) in [4.78, 5) is -0.0666. The van der Waals surface area contributed by atoms with Crippen molar-refractivity contribution in [3.8, 4) is 0 Å². The van der Waals surface area contributed by atoms with Crippen LogP contribution in [0.25, 0.3) is 0 Å². The van der Waals surface area contributed by atoms with Crippen molar-refractivity contribution in [3.05, 3.63) is 29.8 Å². The molecular formula is C9H13FO3S. The molecule has 0 bridgehead atoms. The Balaban J connectivity index is 0.000000500. The van der Waals surface area contributed by atoms with Crippen LogP contribution in [0.1, 0.15) is 12.5 Å². The highest BCUT2D eigenvalue weighted by Gasteiger charge is 2.06. The average molecular weight is 220 g/mol. The molecule has 0 fully saturated rings. The first-order chi connectivity index (χ1) is 6.41. The van der Waals surface area contributed by atoms with E-state index in [1.54, 1.807) is 12.1 Å². The maximum Gasteiger partial charge on any atom is 0.294 e. The quantitative estimate of drug-likeness (QED) is 0.738. The second-order valence-electron chi connectivity index (χ2n) is 2.56. The minimum absolute atomic E-state index is 0.0666. The Kier molecular flexibility index (Phi) is 5.34. The predicted molar refractivity (Wildman–Crippen MR) is 52.6 cm³/mol. The molecule has 1 aromatic carbocycles. The number of benzene rings is 1. The average Bonchev–Trinajstić information content (AvgIpc) is 2.04. The monoisotopic (exact) mass is 220 g/mol. The van der Waals surface area contributed by atoms with E-state index in [0.29, 0.717) is 0 Å². The molecule has 3 nitrogen and oxygen atoms in total. The van der Waals surface area contributed by atoms with Gasteiger partial charge in [-0.3, -0.25) is 8.94 Å². The van der Waals surface area contributed by atoms with Crippen LogP contribution in [-0.4, -0.2) is 19.6 Å². The number of halogens is 1. The summed E-state index contributed by atoms with van der Waals surface area (Å²) >= 11 is 0. The first-order valence-corrected chi connectivity index (χ1v) is 5.46. The molecule has 0 heterocycles. The van der Waals surface area contributed by atoms with Crippen molar-refractivity contribution in [2.75, 3.05) is 6.67 Å². The second-order valence-corrected chi connectivity index (χ2v) is 3.98. The number of hydrogen-bond acceptors (Lipinski definition) is 2. The van der Waals surface area contributed by atoms with Crippen molar-refractivity contribution in [3.63, 3.8) is 0 Å². The molecule has 1 N–H and O–H groups in total. The molecule has 0 aliphatic carbocycles. The van der Waals surface area contributed by atoms with Crippen LogP contribution in [-0.2, 0) is 10.1 Å². The van der Waals surface area contributed by atoms with Gasteiger partial charge >= 0.3 is 0 Å². The lowest BCUT2D eigenvalue weighted by atomic mass is 10.2. The largest absolute Gasteiger partial charge is 0.294 e. The van der Waals surface area contributed by atoms with Crippen molar-refractivity contribution >= 4 is 10.1 Å². The Morgan fingerprint density at radius 1 is 1.29 bits per heavy atom. The normalized spacial score (nSPS) is 10.3. The van der Waals surface area contributed by atoms with Crippen LogP contribution < -0.4 is 0 Å². The SMILES string of the molecule is CCF.Cc1ccc(S(=O)(=O)O)cc1. The van der Waals surface area contributed by atoms with Crippen LogP contribution in [0.2, 0.25) is 0 Å². The number of rotatable bonds is 1. The van der Waals surface area contributed by atoms with Crippen LogP contribution in [0.5, 0.6) is 0 Å². The van der Waals surface area contributed by atoms with E-state index in [-0.39, 0.29) is 11.6 Å². The van der Waals surface area contributed by atoms with E-state index >= 15 is 0 Å². The Morgan fingerprint density at radius 3 is 1.93 bits per heavy atom. The van der Waals surface area contributed by atoms with Crippen LogP contribution in [0.4, 0.5) is 4.39 Å². The lowest BCUT2D eigenvalue weighted by Crippen LogP contribution is -1.96. The van der Waals surface area contributed by atoms with Crippen LogP contribution in [0.3, 0.4) is 0 Å². The molecule has 0 saturated heterocycles. The molecule has 5 heteroatoms. The van der Waals surface area contributed by atoms with Gasteiger partial charge in [-0.15, -0.1) is 0 Å². The molecule has 0 spiro atoms. The van der Waals surface area contributed by atoms with Gasteiger partial charge in [0, 0.05) is 0 Å². The Bertz CT molecular complexity index is 356. The molecule has 1 aromatic rings. The predicted octanol–water partition coefficient (Wildman–Crippen LogP) is 2.22. The summed E-state index contributed by atoms with van der Waals surface area (Å²) in [6.45, 7) is 3.05. The van der Waals surface area contributed by atoms with E-state index < -0.39 is 10.1 Å². The third-order valence-corrected chi connectivity index (χ3v) is 2.19. The molecule has 0 amide bonds. The van der Waals surface area contributed by atoms with Crippen LogP contribution >= 0.6 is 0 Å². The van der Waals surface area contributed by atoms with Gasteiger partial charge in [-0.2, -0.15) is 8.42 Å². The number of alkyl halides is 1. The van der Waals surface area contributed by atoms with Gasteiger partial charge in [0.25, 0.3) is 10.1 Å². The van der Waals surface area contributed by atoms with Gasteiger partial charge in [0.1, 0.15) is 0 Å². The van der Waals surface area contributed by atoms with Gasteiger partial charge < -0.3 is 0 Å². The van der Waals surface area contributed by atoms with Gasteiger partial charge in [-0.05, 0) is 26.0 Å². The minimum Gasteiger partial charge on any atom is -0.282 e. The first-order valence-electron chi connectivity index (χ1n) is 4.02. The van der Waals surface area contributed by atoms with Crippen LogP contribution in [0.15, 0.2) is 29.2 Å². The molecule has 0 aromatic heterocycles. The fourth-order valence-electron chi connectivity index (χ4n) is 0.710. The Hall–Kier alpha value is -0.940.